The van der Waals surface area contributed by atoms with Crippen LogP contribution in [-0.2, 0) is 4.79 Å². The molecular formula is C19H26F2N2O2. The number of hydrogen-bond acceptors (Lipinski definition) is 2. The zero-order valence-corrected chi connectivity index (χ0v) is 14.9. The van der Waals surface area contributed by atoms with Crippen molar-refractivity contribution in [3.05, 3.63) is 35.4 Å². The standard InChI is InChI=1S/C19H26F2N2O2/c1-3-5-9-22(10-6-4-2)19(25)15-12-23(13-15)18(24)14-7-8-16(20)17(21)11-14/h7-8,11,15H,3-6,9-10,12-13H2,1-2H3. The molecule has 0 atom stereocenters. The summed E-state index contributed by atoms with van der Waals surface area (Å²) in [6, 6.07) is 3.12. The molecule has 1 fully saturated rings. The van der Waals surface area contributed by atoms with Crippen molar-refractivity contribution in [1.82, 2.24) is 9.80 Å². The quantitative estimate of drug-likeness (QED) is 0.719. The minimum Gasteiger partial charge on any atom is -0.342 e. The first-order valence-corrected chi connectivity index (χ1v) is 9.01. The topological polar surface area (TPSA) is 40.6 Å². The van der Waals surface area contributed by atoms with Gasteiger partial charge in [-0.15, -0.1) is 0 Å². The van der Waals surface area contributed by atoms with Gasteiger partial charge in [0.05, 0.1) is 5.92 Å². The summed E-state index contributed by atoms with van der Waals surface area (Å²) < 4.78 is 26.2. The van der Waals surface area contributed by atoms with Crippen LogP contribution in [0.1, 0.15) is 49.9 Å². The SMILES string of the molecule is CCCCN(CCCC)C(=O)C1CN(C(=O)c2ccc(F)c(F)c2)C1. The first-order chi connectivity index (χ1) is 12.0. The van der Waals surface area contributed by atoms with Crippen molar-refractivity contribution in [2.45, 2.75) is 39.5 Å². The Morgan fingerprint density at radius 2 is 1.68 bits per heavy atom. The molecule has 0 aromatic heterocycles. The van der Waals surface area contributed by atoms with E-state index >= 15 is 0 Å². The largest absolute Gasteiger partial charge is 0.342 e. The van der Waals surface area contributed by atoms with Crippen LogP contribution in [0.15, 0.2) is 18.2 Å². The predicted octanol–water partition coefficient (Wildman–Crippen LogP) is 3.47. The molecule has 1 aromatic carbocycles. The van der Waals surface area contributed by atoms with Crippen LogP contribution >= 0.6 is 0 Å². The van der Waals surface area contributed by atoms with Gasteiger partial charge in [-0.3, -0.25) is 9.59 Å². The van der Waals surface area contributed by atoms with Crippen LogP contribution in [0, 0.1) is 17.6 Å². The fourth-order valence-corrected chi connectivity index (χ4v) is 2.90. The molecule has 0 spiro atoms. The molecule has 2 amide bonds. The number of hydrogen-bond donors (Lipinski definition) is 0. The molecule has 138 valence electrons. The second-order valence-electron chi connectivity index (χ2n) is 6.57. The van der Waals surface area contributed by atoms with Crippen molar-refractivity contribution < 1.29 is 18.4 Å². The summed E-state index contributed by atoms with van der Waals surface area (Å²) in [4.78, 5) is 28.3. The lowest BCUT2D eigenvalue weighted by molar-refractivity contribution is -0.140. The van der Waals surface area contributed by atoms with Gasteiger partial charge in [0.2, 0.25) is 5.91 Å². The van der Waals surface area contributed by atoms with Gasteiger partial charge in [0.25, 0.3) is 5.91 Å². The molecule has 0 N–H and O–H groups in total. The average molecular weight is 352 g/mol. The second-order valence-corrected chi connectivity index (χ2v) is 6.57. The Balaban J connectivity index is 1.91. The molecule has 25 heavy (non-hydrogen) atoms. The highest BCUT2D eigenvalue weighted by atomic mass is 19.2. The van der Waals surface area contributed by atoms with E-state index in [2.05, 4.69) is 13.8 Å². The van der Waals surface area contributed by atoms with E-state index in [-0.39, 0.29) is 23.3 Å². The normalized spacial score (nSPS) is 14.3. The fraction of sp³-hybridized carbons (Fsp3) is 0.579. The summed E-state index contributed by atoms with van der Waals surface area (Å²) in [6.45, 7) is 6.37. The van der Waals surface area contributed by atoms with E-state index in [9.17, 15) is 18.4 Å². The van der Waals surface area contributed by atoms with Crippen molar-refractivity contribution in [2.24, 2.45) is 5.92 Å². The van der Waals surface area contributed by atoms with Crippen LogP contribution in [0.4, 0.5) is 8.78 Å². The minimum absolute atomic E-state index is 0.0937. The highest BCUT2D eigenvalue weighted by molar-refractivity contribution is 5.96. The molecule has 1 saturated heterocycles. The predicted molar refractivity (Wildman–Crippen MR) is 92.1 cm³/mol. The summed E-state index contributed by atoms with van der Waals surface area (Å²) in [5, 5.41) is 0. The number of carbonyl (C=O) groups excluding carboxylic acids is 2. The zero-order chi connectivity index (χ0) is 18.4. The van der Waals surface area contributed by atoms with Crippen molar-refractivity contribution in [1.29, 1.82) is 0 Å². The highest BCUT2D eigenvalue weighted by Crippen LogP contribution is 2.22. The van der Waals surface area contributed by atoms with Gasteiger partial charge in [-0.1, -0.05) is 26.7 Å². The molecule has 6 heteroatoms. The molecule has 0 bridgehead atoms. The third kappa shape index (κ3) is 4.77. The van der Waals surface area contributed by atoms with Crippen molar-refractivity contribution in [3.8, 4) is 0 Å². The van der Waals surface area contributed by atoms with Crippen molar-refractivity contribution in [3.63, 3.8) is 0 Å². The lowest BCUT2D eigenvalue weighted by Crippen LogP contribution is -2.56. The van der Waals surface area contributed by atoms with E-state index in [4.69, 9.17) is 0 Å². The molecule has 0 saturated carbocycles. The third-order valence-corrected chi connectivity index (χ3v) is 4.56. The van der Waals surface area contributed by atoms with Crippen LogP contribution in [0.5, 0.6) is 0 Å². The van der Waals surface area contributed by atoms with E-state index in [1.54, 1.807) is 0 Å². The van der Waals surface area contributed by atoms with Gasteiger partial charge in [-0.25, -0.2) is 8.78 Å². The Morgan fingerprint density at radius 1 is 1.08 bits per heavy atom. The summed E-state index contributed by atoms with van der Waals surface area (Å²) in [5.74, 6) is -2.48. The van der Waals surface area contributed by atoms with Crippen LogP contribution in [0.3, 0.4) is 0 Å². The Morgan fingerprint density at radius 3 is 2.20 bits per heavy atom. The zero-order valence-electron chi connectivity index (χ0n) is 14.9. The van der Waals surface area contributed by atoms with Crippen LogP contribution in [0.25, 0.3) is 0 Å². The molecule has 4 nitrogen and oxygen atoms in total. The molecule has 2 rings (SSSR count). The molecule has 1 heterocycles. The highest BCUT2D eigenvalue weighted by Gasteiger charge is 2.38. The van der Waals surface area contributed by atoms with Gasteiger partial charge >= 0.3 is 0 Å². The maximum atomic E-state index is 13.3. The third-order valence-electron chi connectivity index (χ3n) is 4.56. The number of carbonyl (C=O) groups is 2. The van der Waals surface area contributed by atoms with Crippen molar-refractivity contribution >= 4 is 11.8 Å². The molecule has 1 aliphatic heterocycles. The minimum atomic E-state index is -1.04. The smallest absolute Gasteiger partial charge is 0.254 e. The van der Waals surface area contributed by atoms with E-state index in [0.717, 1.165) is 50.9 Å². The summed E-state index contributed by atoms with van der Waals surface area (Å²) in [6.07, 6.45) is 4.00. The molecule has 0 aliphatic carbocycles. The number of nitrogens with zero attached hydrogens (tertiary/aromatic N) is 2. The van der Waals surface area contributed by atoms with Gasteiger partial charge in [0.15, 0.2) is 11.6 Å². The number of likely N-dealkylation sites (tertiary alicyclic amines) is 1. The first-order valence-electron chi connectivity index (χ1n) is 9.01. The Labute approximate surface area is 147 Å². The summed E-state index contributed by atoms with van der Waals surface area (Å²) in [5.41, 5.74) is 0.110. The summed E-state index contributed by atoms with van der Waals surface area (Å²) >= 11 is 0. The second kappa shape index (κ2) is 8.92. The van der Waals surface area contributed by atoms with Crippen molar-refractivity contribution in [2.75, 3.05) is 26.2 Å². The van der Waals surface area contributed by atoms with Gasteiger partial charge in [0, 0.05) is 31.7 Å². The maximum Gasteiger partial charge on any atom is 0.254 e. The molecular weight excluding hydrogens is 326 g/mol. The van der Waals surface area contributed by atoms with E-state index in [0.29, 0.717) is 13.1 Å². The lowest BCUT2D eigenvalue weighted by Gasteiger charge is -2.40. The van der Waals surface area contributed by atoms with Crippen LogP contribution in [-0.4, -0.2) is 47.8 Å². The number of amides is 2. The monoisotopic (exact) mass is 352 g/mol. The Hall–Kier alpha value is -1.98. The van der Waals surface area contributed by atoms with Gasteiger partial charge in [-0.05, 0) is 31.0 Å². The Kier molecular flexibility index (Phi) is 6.91. The Bertz CT molecular complexity index is 607. The maximum absolute atomic E-state index is 13.3. The molecule has 1 aliphatic rings. The number of rotatable bonds is 8. The lowest BCUT2D eigenvalue weighted by atomic mass is 9.96. The van der Waals surface area contributed by atoms with Gasteiger partial charge in [0.1, 0.15) is 0 Å². The number of halogens is 2. The van der Waals surface area contributed by atoms with Crippen LogP contribution in [0.2, 0.25) is 0 Å². The number of unbranched alkanes of at least 4 members (excludes halogenated alkanes) is 2. The number of benzene rings is 1. The average Bonchev–Trinajstić information content (AvgIpc) is 2.55. The van der Waals surface area contributed by atoms with E-state index in [1.807, 2.05) is 4.90 Å². The molecule has 1 aromatic rings. The first kappa shape index (κ1) is 19.3. The van der Waals surface area contributed by atoms with Gasteiger partial charge < -0.3 is 9.80 Å². The van der Waals surface area contributed by atoms with Gasteiger partial charge in [-0.2, -0.15) is 0 Å². The van der Waals surface area contributed by atoms with E-state index < -0.39 is 11.6 Å². The van der Waals surface area contributed by atoms with Crippen LogP contribution < -0.4 is 0 Å². The molecule has 0 radical (unpaired) electrons. The van der Waals surface area contributed by atoms with E-state index in [1.165, 1.54) is 11.0 Å². The fourth-order valence-electron chi connectivity index (χ4n) is 2.90. The molecule has 0 unspecified atom stereocenters. The summed E-state index contributed by atoms with van der Waals surface area (Å²) in [7, 11) is 0.